The summed E-state index contributed by atoms with van der Waals surface area (Å²) in [5, 5.41) is 6.00. The first-order chi connectivity index (χ1) is 10.3. The Labute approximate surface area is 126 Å². The summed E-state index contributed by atoms with van der Waals surface area (Å²) in [6.45, 7) is 5.14. The molecule has 0 aromatic heterocycles. The molecule has 0 spiro atoms. The zero-order valence-corrected chi connectivity index (χ0v) is 12.8. The van der Waals surface area contributed by atoms with Gasteiger partial charge in [0.15, 0.2) is 6.79 Å². The molecule has 21 heavy (non-hydrogen) atoms. The summed E-state index contributed by atoms with van der Waals surface area (Å²) < 4.78 is 11.3. The van der Waals surface area contributed by atoms with Crippen LogP contribution in [0.5, 0.6) is 5.75 Å². The van der Waals surface area contributed by atoms with Crippen molar-refractivity contribution in [1.29, 1.82) is 0 Å². The maximum absolute atomic E-state index is 5.95. The normalized spacial score (nSPS) is 16.1. The molecule has 3 nitrogen and oxygen atoms in total. The quantitative estimate of drug-likeness (QED) is 0.615. The van der Waals surface area contributed by atoms with Gasteiger partial charge in [-0.3, -0.25) is 0 Å². The van der Waals surface area contributed by atoms with Gasteiger partial charge >= 0.3 is 0 Å². The molecule has 1 N–H and O–H groups in total. The second-order valence-corrected chi connectivity index (χ2v) is 5.62. The summed E-state index contributed by atoms with van der Waals surface area (Å²) in [6, 6.07) is 13.6. The minimum absolute atomic E-state index is 0.290. The maximum Gasteiger partial charge on any atom is 0.189 e. The van der Waals surface area contributed by atoms with Crippen molar-refractivity contribution in [2.24, 2.45) is 0 Å². The SMILES string of the molecule is CCOCOc1c(C(C)NC2CC2)ccc2ccccc12. The molecule has 2 aromatic carbocycles. The fourth-order valence-electron chi connectivity index (χ4n) is 2.64. The van der Waals surface area contributed by atoms with Crippen molar-refractivity contribution in [3.05, 3.63) is 42.0 Å². The Morgan fingerprint density at radius 1 is 1.19 bits per heavy atom. The van der Waals surface area contributed by atoms with Crippen molar-refractivity contribution in [1.82, 2.24) is 5.32 Å². The molecule has 0 aliphatic heterocycles. The summed E-state index contributed by atoms with van der Waals surface area (Å²) in [5.41, 5.74) is 1.21. The first-order valence-corrected chi connectivity index (χ1v) is 7.78. The van der Waals surface area contributed by atoms with Gasteiger partial charge in [-0.2, -0.15) is 0 Å². The van der Waals surface area contributed by atoms with Gasteiger partial charge in [0.2, 0.25) is 0 Å². The Bertz CT molecular complexity index is 607. The number of nitrogens with one attached hydrogen (secondary N) is 1. The van der Waals surface area contributed by atoms with E-state index in [1.165, 1.54) is 23.8 Å². The highest BCUT2D eigenvalue weighted by Crippen LogP contribution is 2.35. The summed E-state index contributed by atoms with van der Waals surface area (Å²) in [6.07, 6.45) is 2.57. The first-order valence-electron chi connectivity index (χ1n) is 7.78. The van der Waals surface area contributed by atoms with E-state index in [1.54, 1.807) is 0 Å². The molecule has 1 fully saturated rings. The minimum Gasteiger partial charge on any atom is -0.467 e. The zero-order chi connectivity index (χ0) is 14.7. The molecule has 0 radical (unpaired) electrons. The summed E-state index contributed by atoms with van der Waals surface area (Å²) in [4.78, 5) is 0. The van der Waals surface area contributed by atoms with Gasteiger partial charge in [0.05, 0.1) is 0 Å². The van der Waals surface area contributed by atoms with Crippen LogP contribution < -0.4 is 10.1 Å². The molecular formula is C18H23NO2. The summed E-state index contributed by atoms with van der Waals surface area (Å²) >= 11 is 0. The number of rotatable bonds is 7. The molecule has 1 aliphatic carbocycles. The van der Waals surface area contributed by atoms with Crippen LogP contribution in [0.4, 0.5) is 0 Å². The van der Waals surface area contributed by atoms with Crippen LogP contribution in [0.15, 0.2) is 36.4 Å². The molecular weight excluding hydrogens is 262 g/mol. The third-order valence-corrected chi connectivity index (χ3v) is 3.93. The van der Waals surface area contributed by atoms with Crippen molar-refractivity contribution >= 4 is 10.8 Å². The molecule has 1 aliphatic rings. The monoisotopic (exact) mass is 285 g/mol. The average Bonchev–Trinajstić information content (AvgIpc) is 3.31. The van der Waals surface area contributed by atoms with Crippen LogP contribution in [-0.4, -0.2) is 19.4 Å². The van der Waals surface area contributed by atoms with E-state index < -0.39 is 0 Å². The molecule has 1 saturated carbocycles. The van der Waals surface area contributed by atoms with E-state index in [2.05, 4.69) is 48.6 Å². The van der Waals surface area contributed by atoms with Gasteiger partial charge in [0.25, 0.3) is 0 Å². The van der Waals surface area contributed by atoms with Crippen LogP contribution in [0.2, 0.25) is 0 Å². The number of ether oxygens (including phenoxy) is 2. The van der Waals surface area contributed by atoms with E-state index >= 15 is 0 Å². The molecule has 1 unspecified atom stereocenters. The zero-order valence-electron chi connectivity index (χ0n) is 12.8. The lowest BCUT2D eigenvalue weighted by Gasteiger charge is -2.20. The van der Waals surface area contributed by atoms with Crippen LogP contribution >= 0.6 is 0 Å². The fraction of sp³-hybridized carbons (Fsp3) is 0.444. The molecule has 0 saturated heterocycles. The minimum atomic E-state index is 0.290. The van der Waals surface area contributed by atoms with Crippen LogP contribution in [0, 0.1) is 0 Å². The molecule has 2 aromatic rings. The van der Waals surface area contributed by atoms with Crippen LogP contribution in [-0.2, 0) is 4.74 Å². The molecule has 3 rings (SSSR count). The van der Waals surface area contributed by atoms with Crippen molar-refractivity contribution in [2.45, 2.75) is 38.8 Å². The molecule has 112 valence electrons. The number of benzene rings is 2. The Balaban J connectivity index is 1.93. The van der Waals surface area contributed by atoms with E-state index in [-0.39, 0.29) is 0 Å². The highest BCUT2D eigenvalue weighted by Gasteiger charge is 2.25. The van der Waals surface area contributed by atoms with Gasteiger partial charge in [0.1, 0.15) is 5.75 Å². The highest BCUT2D eigenvalue weighted by molar-refractivity contribution is 5.89. The Hall–Kier alpha value is -1.58. The summed E-state index contributed by atoms with van der Waals surface area (Å²) in [5.74, 6) is 0.946. The second kappa shape index (κ2) is 6.46. The van der Waals surface area contributed by atoms with Crippen molar-refractivity contribution in [3.63, 3.8) is 0 Å². The average molecular weight is 285 g/mol. The standard InChI is InChI=1S/C18H23NO2/c1-3-20-12-21-18-16(13(2)19-15-9-10-15)11-8-14-6-4-5-7-17(14)18/h4-8,11,13,15,19H,3,9-10,12H2,1-2H3. The topological polar surface area (TPSA) is 30.5 Å². The highest BCUT2D eigenvalue weighted by atomic mass is 16.7. The number of hydrogen-bond acceptors (Lipinski definition) is 3. The predicted octanol–water partition coefficient (Wildman–Crippen LogP) is 4.03. The Morgan fingerprint density at radius 3 is 2.76 bits per heavy atom. The third kappa shape index (κ3) is 3.36. The number of fused-ring (bicyclic) bond motifs is 1. The fourth-order valence-corrected chi connectivity index (χ4v) is 2.64. The molecule has 0 amide bonds. The van der Waals surface area contributed by atoms with E-state index in [0.29, 0.717) is 25.5 Å². The van der Waals surface area contributed by atoms with Gasteiger partial charge in [-0.25, -0.2) is 0 Å². The van der Waals surface area contributed by atoms with Gasteiger partial charge < -0.3 is 14.8 Å². The van der Waals surface area contributed by atoms with E-state index in [4.69, 9.17) is 9.47 Å². The lowest BCUT2D eigenvalue weighted by Crippen LogP contribution is -2.21. The van der Waals surface area contributed by atoms with Crippen molar-refractivity contribution in [3.8, 4) is 5.75 Å². The first kappa shape index (κ1) is 14.4. The van der Waals surface area contributed by atoms with Gasteiger partial charge in [-0.1, -0.05) is 36.4 Å². The Morgan fingerprint density at radius 2 is 2.00 bits per heavy atom. The predicted molar refractivity (Wildman–Crippen MR) is 85.6 cm³/mol. The van der Waals surface area contributed by atoms with E-state index in [1.807, 2.05) is 6.92 Å². The van der Waals surface area contributed by atoms with E-state index in [9.17, 15) is 0 Å². The smallest absolute Gasteiger partial charge is 0.189 e. The van der Waals surface area contributed by atoms with Crippen molar-refractivity contribution < 1.29 is 9.47 Å². The third-order valence-electron chi connectivity index (χ3n) is 3.93. The maximum atomic E-state index is 5.95. The molecule has 0 heterocycles. The van der Waals surface area contributed by atoms with Crippen LogP contribution in [0.1, 0.15) is 38.3 Å². The van der Waals surface area contributed by atoms with Crippen molar-refractivity contribution in [2.75, 3.05) is 13.4 Å². The summed E-state index contributed by atoms with van der Waals surface area (Å²) in [7, 11) is 0. The van der Waals surface area contributed by atoms with E-state index in [0.717, 1.165) is 11.1 Å². The van der Waals surface area contributed by atoms with Crippen LogP contribution in [0.3, 0.4) is 0 Å². The van der Waals surface area contributed by atoms with Crippen LogP contribution in [0.25, 0.3) is 10.8 Å². The lowest BCUT2D eigenvalue weighted by molar-refractivity contribution is 0.0225. The second-order valence-electron chi connectivity index (χ2n) is 5.62. The molecule has 0 bridgehead atoms. The van der Waals surface area contributed by atoms with Gasteiger partial charge in [0, 0.05) is 29.6 Å². The lowest BCUT2D eigenvalue weighted by atomic mass is 10.0. The molecule has 3 heteroatoms. The Kier molecular flexibility index (Phi) is 4.42. The van der Waals surface area contributed by atoms with Gasteiger partial charge in [-0.15, -0.1) is 0 Å². The molecule has 1 atom stereocenters. The number of hydrogen-bond donors (Lipinski definition) is 1. The largest absolute Gasteiger partial charge is 0.467 e. The van der Waals surface area contributed by atoms with Gasteiger partial charge in [-0.05, 0) is 32.1 Å².